The Kier molecular flexibility index (Phi) is 7.34. The van der Waals surface area contributed by atoms with Crippen molar-refractivity contribution in [3.8, 4) is 5.75 Å². The van der Waals surface area contributed by atoms with Gasteiger partial charge in [0.15, 0.2) is 6.10 Å². The smallest absolute Gasteiger partial charge is 0.263 e. The summed E-state index contributed by atoms with van der Waals surface area (Å²) in [5, 5.41) is 3.59. The number of amides is 2. The van der Waals surface area contributed by atoms with Gasteiger partial charge in [-0.3, -0.25) is 14.5 Å². The van der Waals surface area contributed by atoms with Crippen LogP contribution in [-0.4, -0.2) is 60.4 Å². The minimum absolute atomic E-state index is 0.0372. The number of carbonyl (C=O) groups excluding carboxylic acids is 2. The lowest BCUT2D eigenvalue weighted by molar-refractivity contribution is -0.139. The molecule has 0 unspecified atom stereocenters. The maximum Gasteiger partial charge on any atom is 0.263 e. The van der Waals surface area contributed by atoms with Gasteiger partial charge in [-0.1, -0.05) is 35.9 Å². The van der Waals surface area contributed by atoms with Crippen LogP contribution >= 0.6 is 11.6 Å². The van der Waals surface area contributed by atoms with E-state index in [2.05, 4.69) is 10.2 Å². The van der Waals surface area contributed by atoms with Crippen LogP contribution in [0.2, 0.25) is 5.02 Å². The van der Waals surface area contributed by atoms with Crippen LogP contribution in [-0.2, 0) is 9.59 Å². The van der Waals surface area contributed by atoms with Gasteiger partial charge in [0.2, 0.25) is 5.91 Å². The first-order valence-corrected chi connectivity index (χ1v) is 10.5. The number of nitrogens with zero attached hydrogens (tertiary/aromatic N) is 2. The van der Waals surface area contributed by atoms with Gasteiger partial charge >= 0.3 is 0 Å². The molecule has 0 saturated carbocycles. The average molecular weight is 430 g/mol. The second kappa shape index (κ2) is 9.96. The van der Waals surface area contributed by atoms with Crippen LogP contribution in [0.5, 0.6) is 5.75 Å². The number of benzene rings is 2. The summed E-state index contributed by atoms with van der Waals surface area (Å²) in [6, 6.07) is 13.0. The fraction of sp³-hybridized carbons (Fsp3) is 0.391. The van der Waals surface area contributed by atoms with E-state index in [1.807, 2.05) is 32.0 Å². The summed E-state index contributed by atoms with van der Waals surface area (Å²) in [5.41, 5.74) is 2.98. The van der Waals surface area contributed by atoms with Gasteiger partial charge in [0, 0.05) is 36.9 Å². The van der Waals surface area contributed by atoms with Gasteiger partial charge in [-0.05, 0) is 50.1 Å². The Bertz CT molecular complexity index is 890. The third-order valence-electron chi connectivity index (χ3n) is 5.25. The summed E-state index contributed by atoms with van der Waals surface area (Å²) in [5.74, 6) is 0.476. The van der Waals surface area contributed by atoms with Crippen molar-refractivity contribution in [2.75, 3.05) is 38.0 Å². The summed E-state index contributed by atoms with van der Waals surface area (Å²) < 4.78 is 5.74. The maximum absolute atomic E-state index is 12.7. The molecule has 2 aromatic carbocycles. The number of hydrogen-bond donors (Lipinski definition) is 1. The number of para-hydroxylation sites is 1. The van der Waals surface area contributed by atoms with Crippen molar-refractivity contribution >= 4 is 29.1 Å². The van der Waals surface area contributed by atoms with Gasteiger partial charge in [-0.15, -0.1) is 0 Å². The topological polar surface area (TPSA) is 61.9 Å². The van der Waals surface area contributed by atoms with Crippen LogP contribution in [0.4, 0.5) is 5.69 Å². The van der Waals surface area contributed by atoms with Crippen molar-refractivity contribution in [3.63, 3.8) is 0 Å². The van der Waals surface area contributed by atoms with Crippen molar-refractivity contribution in [1.29, 1.82) is 0 Å². The lowest BCUT2D eigenvalue weighted by Crippen LogP contribution is -2.53. The molecule has 160 valence electrons. The lowest BCUT2D eigenvalue weighted by atomic mass is 10.1. The molecule has 30 heavy (non-hydrogen) atoms. The number of nitrogens with one attached hydrogen (secondary N) is 1. The lowest BCUT2D eigenvalue weighted by Gasteiger charge is -2.35. The first kappa shape index (κ1) is 22.1. The highest BCUT2D eigenvalue weighted by molar-refractivity contribution is 6.30. The van der Waals surface area contributed by atoms with Gasteiger partial charge in [0.25, 0.3) is 5.91 Å². The van der Waals surface area contributed by atoms with Crippen LogP contribution in [0, 0.1) is 13.8 Å². The van der Waals surface area contributed by atoms with E-state index in [0.29, 0.717) is 43.5 Å². The number of ether oxygens (including phenoxy) is 1. The molecular formula is C23H28ClN3O3. The summed E-state index contributed by atoms with van der Waals surface area (Å²) in [4.78, 5) is 29.0. The number of carbonyl (C=O) groups is 2. The zero-order valence-electron chi connectivity index (χ0n) is 17.7. The molecule has 1 aliphatic heterocycles. The molecule has 0 spiro atoms. The Hall–Kier alpha value is -2.57. The molecule has 1 aliphatic rings. The van der Waals surface area contributed by atoms with E-state index < -0.39 is 6.10 Å². The van der Waals surface area contributed by atoms with Crippen LogP contribution < -0.4 is 10.1 Å². The minimum Gasteiger partial charge on any atom is -0.481 e. The molecule has 0 radical (unpaired) electrons. The number of piperazine rings is 1. The first-order valence-electron chi connectivity index (χ1n) is 10.1. The van der Waals surface area contributed by atoms with Gasteiger partial charge in [-0.2, -0.15) is 0 Å². The predicted octanol–water partition coefficient (Wildman–Crippen LogP) is 3.51. The molecule has 2 aromatic rings. The SMILES string of the molecule is Cc1cccc(C)c1NC(=O)CN1CCN(C(=O)[C@@H](C)Oc2cccc(Cl)c2)CC1. The van der Waals surface area contributed by atoms with E-state index in [-0.39, 0.29) is 11.8 Å². The summed E-state index contributed by atoms with van der Waals surface area (Å²) in [6.07, 6.45) is -0.595. The van der Waals surface area contributed by atoms with Crippen LogP contribution in [0.3, 0.4) is 0 Å². The van der Waals surface area contributed by atoms with Crippen LogP contribution in [0.15, 0.2) is 42.5 Å². The van der Waals surface area contributed by atoms with E-state index >= 15 is 0 Å². The molecule has 1 N–H and O–H groups in total. The molecule has 6 nitrogen and oxygen atoms in total. The largest absolute Gasteiger partial charge is 0.481 e. The Balaban J connectivity index is 1.47. The highest BCUT2D eigenvalue weighted by Gasteiger charge is 2.27. The second-order valence-corrected chi connectivity index (χ2v) is 8.07. The molecule has 0 bridgehead atoms. The maximum atomic E-state index is 12.7. The van der Waals surface area contributed by atoms with E-state index in [4.69, 9.17) is 16.3 Å². The van der Waals surface area contributed by atoms with E-state index in [9.17, 15) is 9.59 Å². The summed E-state index contributed by atoms with van der Waals surface area (Å²) in [7, 11) is 0. The Labute approximate surface area is 182 Å². The van der Waals surface area contributed by atoms with Crippen molar-refractivity contribution in [2.24, 2.45) is 0 Å². The Morgan fingerprint density at radius 2 is 1.70 bits per heavy atom. The molecule has 1 atom stereocenters. The number of rotatable bonds is 6. The molecule has 0 aromatic heterocycles. The van der Waals surface area contributed by atoms with Gasteiger partial charge < -0.3 is 15.0 Å². The predicted molar refractivity (Wildman–Crippen MR) is 119 cm³/mol. The van der Waals surface area contributed by atoms with Gasteiger partial charge in [-0.25, -0.2) is 0 Å². The molecule has 3 rings (SSSR count). The molecular weight excluding hydrogens is 402 g/mol. The minimum atomic E-state index is -0.595. The molecule has 1 heterocycles. The summed E-state index contributed by atoms with van der Waals surface area (Å²) in [6.45, 7) is 8.46. The number of aryl methyl sites for hydroxylation is 2. The fourth-order valence-electron chi connectivity index (χ4n) is 3.57. The van der Waals surface area contributed by atoms with E-state index in [1.54, 1.807) is 36.1 Å². The Morgan fingerprint density at radius 1 is 1.07 bits per heavy atom. The zero-order valence-corrected chi connectivity index (χ0v) is 18.4. The fourth-order valence-corrected chi connectivity index (χ4v) is 3.75. The van der Waals surface area contributed by atoms with Crippen LogP contribution in [0.1, 0.15) is 18.1 Å². The highest BCUT2D eigenvalue weighted by atomic mass is 35.5. The second-order valence-electron chi connectivity index (χ2n) is 7.63. The molecule has 0 aliphatic carbocycles. The quantitative estimate of drug-likeness (QED) is 0.763. The zero-order chi connectivity index (χ0) is 21.7. The van der Waals surface area contributed by atoms with Gasteiger partial charge in [0.05, 0.1) is 6.54 Å². The van der Waals surface area contributed by atoms with Crippen molar-refractivity contribution in [1.82, 2.24) is 9.80 Å². The standard InChI is InChI=1S/C23H28ClN3O3/c1-16-6-4-7-17(2)22(16)25-21(28)15-26-10-12-27(13-11-26)23(29)18(3)30-20-9-5-8-19(24)14-20/h4-9,14,18H,10-13,15H2,1-3H3,(H,25,28)/t18-/m1/s1. The van der Waals surface area contributed by atoms with Crippen LogP contribution in [0.25, 0.3) is 0 Å². The number of anilines is 1. The molecule has 1 fully saturated rings. The third kappa shape index (κ3) is 5.74. The highest BCUT2D eigenvalue weighted by Crippen LogP contribution is 2.20. The number of hydrogen-bond acceptors (Lipinski definition) is 4. The third-order valence-corrected chi connectivity index (χ3v) is 5.49. The van der Waals surface area contributed by atoms with E-state index in [1.165, 1.54) is 0 Å². The van der Waals surface area contributed by atoms with Crippen molar-refractivity contribution < 1.29 is 14.3 Å². The molecule has 2 amide bonds. The first-order chi connectivity index (χ1) is 14.3. The van der Waals surface area contributed by atoms with Crippen molar-refractivity contribution in [2.45, 2.75) is 26.9 Å². The summed E-state index contributed by atoms with van der Waals surface area (Å²) >= 11 is 5.97. The van der Waals surface area contributed by atoms with E-state index in [0.717, 1.165) is 16.8 Å². The monoisotopic (exact) mass is 429 g/mol. The normalized spacial score (nSPS) is 15.5. The van der Waals surface area contributed by atoms with Crippen molar-refractivity contribution in [3.05, 3.63) is 58.6 Å². The van der Waals surface area contributed by atoms with Gasteiger partial charge in [0.1, 0.15) is 5.75 Å². The molecule has 1 saturated heterocycles. The molecule has 7 heteroatoms. The Morgan fingerprint density at radius 3 is 2.33 bits per heavy atom. The number of halogens is 1. The average Bonchev–Trinajstić information content (AvgIpc) is 2.71.